The maximum Gasteiger partial charge on any atom is 0.292 e. The molecule has 0 fully saturated rings. The molecule has 0 radical (unpaired) electrons. The van der Waals surface area contributed by atoms with Crippen LogP contribution in [0.15, 0.2) is 53.8 Å². The van der Waals surface area contributed by atoms with Crippen LogP contribution in [0.1, 0.15) is 68.2 Å². The summed E-state index contributed by atoms with van der Waals surface area (Å²) in [6, 6.07) is 7.63. The molecule has 0 bridgehead atoms. The summed E-state index contributed by atoms with van der Waals surface area (Å²) in [5.74, 6) is -0.622. The van der Waals surface area contributed by atoms with Crippen LogP contribution in [0.25, 0.3) is 11.1 Å². The number of carbonyl (C=O) groups is 3. The molecule has 0 saturated heterocycles. The van der Waals surface area contributed by atoms with Crippen molar-refractivity contribution >= 4 is 23.4 Å². The maximum absolute atomic E-state index is 12.8. The third-order valence-electron chi connectivity index (χ3n) is 6.06. The number of rotatable bonds is 11. The van der Waals surface area contributed by atoms with Gasteiger partial charge in [-0.15, -0.1) is 0 Å². The molecule has 3 rings (SSSR count). The number of nitrogens with zero attached hydrogens (tertiary/aromatic N) is 4. The molecule has 0 spiro atoms. The number of hydrogen-bond acceptors (Lipinski definition) is 7. The highest BCUT2D eigenvalue weighted by molar-refractivity contribution is 5.99. The van der Waals surface area contributed by atoms with Gasteiger partial charge in [0.15, 0.2) is 0 Å². The summed E-state index contributed by atoms with van der Waals surface area (Å²) in [5, 5.41) is 9.51. The van der Waals surface area contributed by atoms with Crippen LogP contribution >= 0.6 is 0 Å². The first-order chi connectivity index (χ1) is 18.5. The van der Waals surface area contributed by atoms with Crippen molar-refractivity contribution < 1.29 is 18.9 Å². The molecule has 0 atom stereocenters. The molecular formula is C29H36N6O4. The third kappa shape index (κ3) is 7.83. The quantitative estimate of drug-likeness (QED) is 0.350. The van der Waals surface area contributed by atoms with Crippen molar-refractivity contribution in [3.63, 3.8) is 0 Å². The van der Waals surface area contributed by atoms with Crippen LogP contribution in [0.2, 0.25) is 0 Å². The number of amides is 3. The van der Waals surface area contributed by atoms with Gasteiger partial charge in [0.2, 0.25) is 17.7 Å². The fourth-order valence-electron chi connectivity index (χ4n) is 3.79. The smallest absolute Gasteiger partial charge is 0.292 e. The minimum absolute atomic E-state index is 0.00517. The van der Waals surface area contributed by atoms with E-state index in [4.69, 9.17) is 4.52 Å². The van der Waals surface area contributed by atoms with Crippen molar-refractivity contribution in [3.8, 4) is 11.1 Å². The Kier molecular flexibility index (Phi) is 9.70. The SMILES string of the molecule is C=CC(=O)N(CCCC)CC(=O)Nc1cnccc1-c1ccc(CNC(=O)c2noc(C(C)(C)C)n2)c(C)c1. The zero-order valence-electron chi connectivity index (χ0n) is 23.2. The van der Waals surface area contributed by atoms with Gasteiger partial charge in [-0.05, 0) is 42.2 Å². The van der Waals surface area contributed by atoms with Crippen molar-refractivity contribution in [2.24, 2.45) is 0 Å². The van der Waals surface area contributed by atoms with Crippen LogP contribution in [-0.4, -0.2) is 50.8 Å². The van der Waals surface area contributed by atoms with Gasteiger partial charge in [0.25, 0.3) is 11.7 Å². The zero-order valence-corrected chi connectivity index (χ0v) is 23.2. The van der Waals surface area contributed by atoms with Crippen LogP contribution in [-0.2, 0) is 21.5 Å². The number of nitrogens with one attached hydrogen (secondary N) is 2. The minimum Gasteiger partial charge on any atom is -0.345 e. The van der Waals surface area contributed by atoms with E-state index in [2.05, 4.69) is 32.3 Å². The number of pyridine rings is 1. The predicted molar refractivity (Wildman–Crippen MR) is 149 cm³/mol. The Hall–Kier alpha value is -4.34. The maximum atomic E-state index is 12.8. The van der Waals surface area contributed by atoms with Crippen molar-refractivity contribution in [1.29, 1.82) is 0 Å². The second kappa shape index (κ2) is 12.9. The van der Waals surface area contributed by atoms with Gasteiger partial charge in [-0.2, -0.15) is 4.98 Å². The minimum atomic E-state index is -0.417. The number of unbranched alkanes of at least 4 members (excludes halogenated alkanes) is 1. The Morgan fingerprint density at radius 2 is 1.95 bits per heavy atom. The first-order valence-corrected chi connectivity index (χ1v) is 12.9. The number of carbonyl (C=O) groups excluding carboxylic acids is 3. The fraction of sp³-hybridized carbons (Fsp3) is 0.379. The van der Waals surface area contributed by atoms with Gasteiger partial charge in [-0.25, -0.2) is 0 Å². The summed E-state index contributed by atoms with van der Waals surface area (Å²) in [5.41, 5.74) is 3.72. The number of aromatic nitrogens is 3. The Balaban J connectivity index is 1.70. The molecule has 0 aliphatic carbocycles. The zero-order chi connectivity index (χ0) is 28.6. The molecule has 1 aromatic carbocycles. The van der Waals surface area contributed by atoms with Gasteiger partial charge in [-0.3, -0.25) is 19.4 Å². The number of hydrogen-bond donors (Lipinski definition) is 2. The molecule has 10 nitrogen and oxygen atoms in total. The number of aryl methyl sites for hydroxylation is 1. The number of anilines is 1. The van der Waals surface area contributed by atoms with Crippen LogP contribution in [0, 0.1) is 6.92 Å². The lowest BCUT2D eigenvalue weighted by Gasteiger charge is -2.21. The van der Waals surface area contributed by atoms with E-state index >= 15 is 0 Å². The first-order valence-electron chi connectivity index (χ1n) is 12.9. The van der Waals surface area contributed by atoms with E-state index < -0.39 is 5.91 Å². The standard InChI is InChI=1S/C29H36N6O4/c1-7-9-14-35(25(37)8-2)18-24(36)32-23-17-30-13-12-22(23)20-10-11-21(19(3)15-20)16-31-27(38)26-33-28(39-34-26)29(4,5)6/h8,10-13,15,17H,2,7,9,14,16,18H2,1,3-6H3,(H,31,38)(H,32,36). The van der Waals surface area contributed by atoms with E-state index in [0.29, 0.717) is 18.1 Å². The summed E-state index contributed by atoms with van der Waals surface area (Å²) in [6.45, 7) is 14.0. The summed E-state index contributed by atoms with van der Waals surface area (Å²) >= 11 is 0. The largest absolute Gasteiger partial charge is 0.345 e. The Labute approximate surface area is 228 Å². The average molecular weight is 533 g/mol. The van der Waals surface area contributed by atoms with Gasteiger partial charge in [0, 0.05) is 30.3 Å². The Morgan fingerprint density at radius 1 is 1.18 bits per heavy atom. The molecule has 2 heterocycles. The lowest BCUT2D eigenvalue weighted by molar-refractivity contribution is -0.130. The molecule has 0 aliphatic rings. The van der Waals surface area contributed by atoms with Crippen LogP contribution < -0.4 is 10.6 Å². The lowest BCUT2D eigenvalue weighted by atomic mass is 9.97. The van der Waals surface area contributed by atoms with Crippen LogP contribution in [0.4, 0.5) is 5.69 Å². The predicted octanol–water partition coefficient (Wildman–Crippen LogP) is 4.42. The van der Waals surface area contributed by atoms with E-state index in [0.717, 1.165) is 35.1 Å². The Morgan fingerprint density at radius 3 is 2.59 bits per heavy atom. The highest BCUT2D eigenvalue weighted by Crippen LogP contribution is 2.29. The van der Waals surface area contributed by atoms with Crippen molar-refractivity contribution in [1.82, 2.24) is 25.3 Å². The molecule has 3 aromatic rings. The van der Waals surface area contributed by atoms with Crippen molar-refractivity contribution in [2.75, 3.05) is 18.4 Å². The van der Waals surface area contributed by atoms with Gasteiger partial charge in [0.1, 0.15) is 6.54 Å². The highest BCUT2D eigenvalue weighted by atomic mass is 16.5. The fourth-order valence-corrected chi connectivity index (χ4v) is 3.79. The van der Waals surface area contributed by atoms with E-state index in [-0.39, 0.29) is 36.1 Å². The first kappa shape index (κ1) is 29.2. The van der Waals surface area contributed by atoms with Gasteiger partial charge in [0.05, 0.1) is 11.9 Å². The highest BCUT2D eigenvalue weighted by Gasteiger charge is 2.24. The second-order valence-corrected chi connectivity index (χ2v) is 10.3. The van der Waals surface area contributed by atoms with E-state index in [9.17, 15) is 14.4 Å². The van der Waals surface area contributed by atoms with Gasteiger partial charge in [-0.1, -0.05) is 64.1 Å². The van der Waals surface area contributed by atoms with E-state index in [1.54, 1.807) is 12.4 Å². The molecule has 0 aliphatic heterocycles. The molecule has 3 amide bonds. The van der Waals surface area contributed by atoms with E-state index in [1.165, 1.54) is 11.0 Å². The summed E-state index contributed by atoms with van der Waals surface area (Å²) in [6.07, 6.45) is 6.16. The van der Waals surface area contributed by atoms with Gasteiger partial charge < -0.3 is 20.1 Å². The van der Waals surface area contributed by atoms with Gasteiger partial charge >= 0.3 is 0 Å². The van der Waals surface area contributed by atoms with E-state index in [1.807, 2.05) is 58.9 Å². The van der Waals surface area contributed by atoms with Crippen molar-refractivity contribution in [3.05, 3.63) is 72.2 Å². The van der Waals surface area contributed by atoms with Crippen molar-refractivity contribution in [2.45, 2.75) is 59.4 Å². The third-order valence-corrected chi connectivity index (χ3v) is 6.06. The topological polar surface area (TPSA) is 130 Å². The molecule has 0 unspecified atom stereocenters. The molecular weight excluding hydrogens is 496 g/mol. The molecule has 2 aromatic heterocycles. The molecule has 39 heavy (non-hydrogen) atoms. The average Bonchev–Trinajstić information content (AvgIpc) is 3.41. The summed E-state index contributed by atoms with van der Waals surface area (Å²) in [7, 11) is 0. The molecule has 206 valence electrons. The molecule has 10 heteroatoms. The summed E-state index contributed by atoms with van der Waals surface area (Å²) in [4.78, 5) is 47.3. The number of benzene rings is 1. The lowest BCUT2D eigenvalue weighted by Crippen LogP contribution is -2.37. The van der Waals surface area contributed by atoms with Crippen LogP contribution in [0.5, 0.6) is 0 Å². The van der Waals surface area contributed by atoms with Crippen LogP contribution in [0.3, 0.4) is 0 Å². The molecule has 0 saturated carbocycles. The Bertz CT molecular complexity index is 1340. The second-order valence-electron chi connectivity index (χ2n) is 10.3. The normalized spacial score (nSPS) is 11.1. The monoisotopic (exact) mass is 532 g/mol. The molecule has 2 N–H and O–H groups in total. The summed E-state index contributed by atoms with van der Waals surface area (Å²) < 4.78 is 5.20.